The number of ether oxygens (including phenoxy) is 1. The summed E-state index contributed by atoms with van der Waals surface area (Å²) >= 11 is 0. The predicted octanol–water partition coefficient (Wildman–Crippen LogP) is 3.26. The van der Waals surface area contributed by atoms with Gasteiger partial charge < -0.3 is 15.0 Å². The summed E-state index contributed by atoms with van der Waals surface area (Å²) in [6.07, 6.45) is 7.53. The summed E-state index contributed by atoms with van der Waals surface area (Å²) in [4.78, 5) is 4.68. The third kappa shape index (κ3) is 3.37. The molecule has 1 aromatic heterocycles. The minimum absolute atomic E-state index is 0.0924. The van der Waals surface area contributed by atoms with Crippen molar-refractivity contribution in [1.82, 2.24) is 9.55 Å². The molecule has 0 aliphatic carbocycles. The molecule has 2 rings (SSSR count). The number of hydrogen-bond acceptors (Lipinski definition) is 3. The van der Waals surface area contributed by atoms with Crippen molar-refractivity contribution in [3.05, 3.63) is 24.0 Å². The van der Waals surface area contributed by atoms with Crippen molar-refractivity contribution in [2.75, 3.05) is 0 Å². The van der Waals surface area contributed by atoms with Gasteiger partial charge in [-0.15, -0.1) is 6.42 Å². The summed E-state index contributed by atoms with van der Waals surface area (Å²) in [6, 6.07) is 5.81. The van der Waals surface area contributed by atoms with Crippen LogP contribution in [0, 0.1) is 12.3 Å². The number of terminal acetylenes is 1. The number of imidazole rings is 1. The van der Waals surface area contributed by atoms with Crippen molar-refractivity contribution >= 4 is 11.0 Å². The maximum atomic E-state index is 6.24. The minimum Gasteiger partial charge on any atom is -0.491 e. The first-order valence-electron chi connectivity index (χ1n) is 7.42. The molecule has 1 heterocycles. The summed E-state index contributed by atoms with van der Waals surface area (Å²) in [5.74, 6) is 4.35. The van der Waals surface area contributed by atoms with E-state index >= 15 is 0 Å². The van der Waals surface area contributed by atoms with Crippen LogP contribution in [0.1, 0.15) is 45.5 Å². The van der Waals surface area contributed by atoms with E-state index in [4.69, 9.17) is 16.9 Å². The molecule has 0 spiro atoms. The van der Waals surface area contributed by atoms with Crippen LogP contribution in [0.25, 0.3) is 11.0 Å². The van der Waals surface area contributed by atoms with Gasteiger partial charge in [0.1, 0.15) is 11.6 Å². The van der Waals surface area contributed by atoms with Gasteiger partial charge in [0.2, 0.25) is 0 Å². The Balaban J connectivity index is 2.48. The van der Waals surface area contributed by atoms with Gasteiger partial charge in [-0.1, -0.05) is 19.3 Å². The highest BCUT2D eigenvalue weighted by molar-refractivity contribution is 5.78. The molecule has 4 nitrogen and oxygen atoms in total. The van der Waals surface area contributed by atoms with Gasteiger partial charge in [-0.3, -0.25) is 0 Å². The number of rotatable bonds is 6. The molecule has 0 radical (unpaired) electrons. The maximum absolute atomic E-state index is 6.24. The summed E-state index contributed by atoms with van der Waals surface area (Å²) in [7, 11) is 0. The van der Waals surface area contributed by atoms with Crippen molar-refractivity contribution in [3.8, 4) is 18.1 Å². The average Bonchev–Trinajstić information content (AvgIpc) is 2.77. The molecule has 2 aromatic rings. The van der Waals surface area contributed by atoms with E-state index in [1.165, 1.54) is 0 Å². The van der Waals surface area contributed by atoms with E-state index in [0.717, 1.165) is 35.4 Å². The molecule has 1 unspecified atom stereocenters. The van der Waals surface area contributed by atoms with Crippen molar-refractivity contribution in [3.63, 3.8) is 0 Å². The third-order valence-electron chi connectivity index (χ3n) is 3.30. The number of nitrogens with zero attached hydrogens (tertiary/aromatic N) is 2. The Kier molecular flexibility index (Phi) is 4.87. The van der Waals surface area contributed by atoms with Crippen molar-refractivity contribution in [1.29, 1.82) is 0 Å². The van der Waals surface area contributed by atoms with Crippen LogP contribution in [0.4, 0.5) is 0 Å². The smallest absolute Gasteiger partial charge is 0.127 e. The number of fused-ring (bicyclic) bond motifs is 1. The average molecular weight is 285 g/mol. The van der Waals surface area contributed by atoms with Crippen LogP contribution in [0.5, 0.6) is 5.75 Å². The lowest BCUT2D eigenvalue weighted by Gasteiger charge is -2.12. The maximum Gasteiger partial charge on any atom is 0.127 e. The minimum atomic E-state index is -0.0924. The Hall–Kier alpha value is -1.99. The monoisotopic (exact) mass is 285 g/mol. The highest BCUT2D eigenvalue weighted by atomic mass is 16.5. The Bertz CT molecular complexity index is 652. The second-order valence-corrected chi connectivity index (χ2v) is 5.47. The van der Waals surface area contributed by atoms with E-state index in [9.17, 15) is 0 Å². The second-order valence-electron chi connectivity index (χ2n) is 5.47. The number of benzene rings is 1. The Morgan fingerprint density at radius 1 is 1.43 bits per heavy atom. The van der Waals surface area contributed by atoms with Crippen molar-refractivity contribution < 1.29 is 4.74 Å². The van der Waals surface area contributed by atoms with E-state index in [0.29, 0.717) is 6.54 Å². The highest BCUT2D eigenvalue weighted by Crippen LogP contribution is 2.26. The Labute approximate surface area is 126 Å². The number of aromatic nitrogens is 2. The zero-order valence-electron chi connectivity index (χ0n) is 13.0. The molecule has 0 amide bonds. The van der Waals surface area contributed by atoms with Crippen LogP contribution >= 0.6 is 0 Å². The van der Waals surface area contributed by atoms with E-state index < -0.39 is 0 Å². The van der Waals surface area contributed by atoms with Crippen LogP contribution < -0.4 is 10.5 Å². The molecule has 0 aliphatic heterocycles. The molecule has 0 fully saturated rings. The molecular weight excluding hydrogens is 262 g/mol. The molecule has 21 heavy (non-hydrogen) atoms. The topological polar surface area (TPSA) is 53.1 Å². The van der Waals surface area contributed by atoms with Gasteiger partial charge in [0.25, 0.3) is 0 Å². The molecule has 0 bridgehead atoms. The summed E-state index contributed by atoms with van der Waals surface area (Å²) in [5, 5.41) is 0. The van der Waals surface area contributed by atoms with Crippen molar-refractivity contribution in [2.45, 2.75) is 52.3 Å². The molecule has 112 valence electrons. The van der Waals surface area contributed by atoms with Gasteiger partial charge in [-0.25, -0.2) is 4.98 Å². The van der Waals surface area contributed by atoms with Gasteiger partial charge in [-0.05, 0) is 32.4 Å². The van der Waals surface area contributed by atoms with E-state index in [1.54, 1.807) is 0 Å². The Morgan fingerprint density at radius 2 is 2.19 bits per heavy atom. The first-order valence-corrected chi connectivity index (χ1v) is 7.42. The summed E-state index contributed by atoms with van der Waals surface area (Å²) in [6.45, 7) is 6.60. The van der Waals surface area contributed by atoms with Crippen LogP contribution in [0.3, 0.4) is 0 Å². The Morgan fingerprint density at radius 3 is 2.81 bits per heavy atom. The van der Waals surface area contributed by atoms with Gasteiger partial charge in [0.15, 0.2) is 0 Å². The molecule has 0 aliphatic rings. The fourth-order valence-corrected chi connectivity index (χ4v) is 2.45. The lowest BCUT2D eigenvalue weighted by atomic mass is 10.2. The normalized spacial score (nSPS) is 12.6. The van der Waals surface area contributed by atoms with E-state index in [2.05, 4.69) is 17.8 Å². The lowest BCUT2D eigenvalue weighted by molar-refractivity contribution is 0.242. The lowest BCUT2D eigenvalue weighted by Crippen LogP contribution is -2.16. The fraction of sp³-hybridized carbons (Fsp3) is 0.471. The van der Waals surface area contributed by atoms with Crippen molar-refractivity contribution in [2.24, 2.45) is 5.73 Å². The number of nitrogens with two attached hydrogens (primary N) is 1. The molecular formula is C17H23N3O. The first kappa shape index (κ1) is 15.4. The van der Waals surface area contributed by atoms with Crippen LogP contribution in [-0.4, -0.2) is 15.7 Å². The fourth-order valence-electron chi connectivity index (χ4n) is 2.45. The quantitative estimate of drug-likeness (QED) is 0.829. The molecule has 0 saturated heterocycles. The first-order chi connectivity index (χ1) is 10.1. The standard InChI is InChI=1S/C17H23N3O/c1-5-7-14(18)17-19-15-11-13(21-12(3)4)8-9-16(15)20(17)10-6-2/h2,8-9,11-12,14H,5,7,10,18H2,1,3-4H3. The van der Waals surface area contributed by atoms with Crippen LogP contribution in [-0.2, 0) is 6.54 Å². The molecule has 4 heteroatoms. The third-order valence-corrected chi connectivity index (χ3v) is 3.30. The van der Waals surface area contributed by atoms with Gasteiger partial charge in [0.05, 0.1) is 29.7 Å². The van der Waals surface area contributed by atoms with E-state index in [-0.39, 0.29) is 12.1 Å². The highest BCUT2D eigenvalue weighted by Gasteiger charge is 2.16. The van der Waals surface area contributed by atoms with E-state index in [1.807, 2.05) is 36.6 Å². The second kappa shape index (κ2) is 6.64. The van der Waals surface area contributed by atoms with Gasteiger partial charge >= 0.3 is 0 Å². The SMILES string of the molecule is C#CCn1c(C(N)CCC)nc2cc(OC(C)C)ccc21. The van der Waals surface area contributed by atoms with Crippen LogP contribution in [0.2, 0.25) is 0 Å². The van der Waals surface area contributed by atoms with Gasteiger partial charge in [-0.2, -0.15) is 0 Å². The number of hydrogen-bond donors (Lipinski definition) is 1. The van der Waals surface area contributed by atoms with Gasteiger partial charge in [0, 0.05) is 6.07 Å². The zero-order valence-corrected chi connectivity index (χ0v) is 13.0. The molecule has 2 N–H and O–H groups in total. The molecule has 1 aromatic carbocycles. The largest absolute Gasteiger partial charge is 0.491 e. The summed E-state index contributed by atoms with van der Waals surface area (Å²) < 4.78 is 7.74. The van der Waals surface area contributed by atoms with Crippen LogP contribution in [0.15, 0.2) is 18.2 Å². The summed E-state index contributed by atoms with van der Waals surface area (Å²) in [5.41, 5.74) is 8.12. The molecule has 1 atom stereocenters. The zero-order chi connectivity index (χ0) is 15.4. The predicted molar refractivity (Wildman–Crippen MR) is 86.2 cm³/mol. The molecule has 0 saturated carbocycles.